The summed E-state index contributed by atoms with van der Waals surface area (Å²) in [5, 5.41) is 8.08. The molecule has 3 heteroatoms. The smallest absolute Gasteiger partial charge is 0.101 e. The Bertz CT molecular complexity index is 210. The van der Waals surface area contributed by atoms with Crippen LogP contribution in [0.25, 0.3) is 0 Å². The Labute approximate surface area is 86.9 Å². The van der Waals surface area contributed by atoms with Crippen molar-refractivity contribution in [2.24, 2.45) is 5.41 Å². The fraction of sp³-hybridized carbons (Fsp3) is 0.909. The summed E-state index contributed by atoms with van der Waals surface area (Å²) >= 11 is 0. The summed E-state index contributed by atoms with van der Waals surface area (Å²) < 4.78 is 5.64. The standard InChI is InChI=1S/C11H22N2O/c1-8-6-13(7-9(2)14-8)10(12)11(3,4)5/h8-9,12H,6-7H2,1-5H3/t8-,9+. The Morgan fingerprint density at radius 3 is 2.00 bits per heavy atom. The number of hydrogen-bond acceptors (Lipinski definition) is 2. The van der Waals surface area contributed by atoms with Gasteiger partial charge in [0.05, 0.1) is 12.2 Å². The third kappa shape index (κ3) is 2.71. The van der Waals surface area contributed by atoms with Crippen molar-refractivity contribution in [2.45, 2.75) is 46.8 Å². The van der Waals surface area contributed by atoms with E-state index in [0.29, 0.717) is 0 Å². The first-order chi connectivity index (χ1) is 6.30. The number of rotatable bonds is 0. The zero-order valence-corrected chi connectivity index (χ0v) is 9.92. The number of nitrogens with zero attached hydrogens (tertiary/aromatic N) is 1. The van der Waals surface area contributed by atoms with Crippen molar-refractivity contribution in [3.05, 3.63) is 0 Å². The lowest BCUT2D eigenvalue weighted by molar-refractivity contribution is -0.0501. The summed E-state index contributed by atoms with van der Waals surface area (Å²) in [6.45, 7) is 12.1. The van der Waals surface area contributed by atoms with Crippen molar-refractivity contribution in [2.75, 3.05) is 13.1 Å². The van der Waals surface area contributed by atoms with Gasteiger partial charge in [-0.3, -0.25) is 5.41 Å². The van der Waals surface area contributed by atoms with Crippen LogP contribution >= 0.6 is 0 Å². The molecule has 1 aliphatic heterocycles. The Balaban J connectivity index is 2.64. The lowest BCUT2D eigenvalue weighted by Gasteiger charge is -2.40. The number of morpholine rings is 1. The van der Waals surface area contributed by atoms with Crippen LogP contribution in [0.2, 0.25) is 0 Å². The maximum atomic E-state index is 8.08. The van der Waals surface area contributed by atoms with Crippen LogP contribution in [0, 0.1) is 10.8 Å². The lowest BCUT2D eigenvalue weighted by Crippen LogP contribution is -2.51. The van der Waals surface area contributed by atoms with Crippen LogP contribution in [0.15, 0.2) is 0 Å². The van der Waals surface area contributed by atoms with Crippen LogP contribution in [0.1, 0.15) is 34.6 Å². The quantitative estimate of drug-likeness (QED) is 0.478. The highest BCUT2D eigenvalue weighted by Crippen LogP contribution is 2.21. The normalized spacial score (nSPS) is 29.1. The first kappa shape index (κ1) is 11.5. The van der Waals surface area contributed by atoms with Gasteiger partial charge >= 0.3 is 0 Å². The first-order valence-corrected chi connectivity index (χ1v) is 5.30. The molecule has 0 aromatic rings. The molecule has 14 heavy (non-hydrogen) atoms. The van der Waals surface area contributed by atoms with Gasteiger partial charge in [-0.1, -0.05) is 20.8 Å². The molecule has 1 fully saturated rings. The van der Waals surface area contributed by atoms with Gasteiger partial charge in [-0.25, -0.2) is 0 Å². The van der Waals surface area contributed by atoms with Crippen molar-refractivity contribution >= 4 is 5.84 Å². The second-order valence-electron chi connectivity index (χ2n) is 5.26. The maximum absolute atomic E-state index is 8.08. The summed E-state index contributed by atoms with van der Waals surface area (Å²) in [4.78, 5) is 2.14. The van der Waals surface area contributed by atoms with Crippen molar-refractivity contribution < 1.29 is 4.74 Å². The van der Waals surface area contributed by atoms with Gasteiger partial charge in [0.15, 0.2) is 0 Å². The van der Waals surface area contributed by atoms with E-state index in [2.05, 4.69) is 39.5 Å². The minimum absolute atomic E-state index is 0.0588. The van der Waals surface area contributed by atoms with E-state index in [1.165, 1.54) is 0 Å². The van der Waals surface area contributed by atoms with Crippen LogP contribution in [0.5, 0.6) is 0 Å². The Morgan fingerprint density at radius 2 is 1.64 bits per heavy atom. The summed E-state index contributed by atoms with van der Waals surface area (Å²) in [5.41, 5.74) is -0.0588. The van der Waals surface area contributed by atoms with Crippen LogP contribution in [-0.2, 0) is 4.74 Å². The SMILES string of the molecule is C[C@@H]1CN(C(=N)C(C)(C)C)C[C@H](C)O1. The minimum Gasteiger partial charge on any atom is -0.372 e. The molecule has 1 saturated heterocycles. The molecular weight excluding hydrogens is 176 g/mol. The molecule has 0 bridgehead atoms. The second-order valence-corrected chi connectivity index (χ2v) is 5.26. The van der Waals surface area contributed by atoms with E-state index in [0.717, 1.165) is 18.9 Å². The molecule has 3 nitrogen and oxygen atoms in total. The van der Waals surface area contributed by atoms with E-state index in [1.807, 2.05) is 0 Å². The van der Waals surface area contributed by atoms with E-state index in [1.54, 1.807) is 0 Å². The topological polar surface area (TPSA) is 36.3 Å². The summed E-state index contributed by atoms with van der Waals surface area (Å²) in [6, 6.07) is 0. The monoisotopic (exact) mass is 198 g/mol. The molecule has 1 N–H and O–H groups in total. The van der Waals surface area contributed by atoms with Crippen LogP contribution in [0.4, 0.5) is 0 Å². The van der Waals surface area contributed by atoms with Crippen LogP contribution in [0.3, 0.4) is 0 Å². The Morgan fingerprint density at radius 1 is 1.21 bits per heavy atom. The van der Waals surface area contributed by atoms with Crippen LogP contribution < -0.4 is 0 Å². The van der Waals surface area contributed by atoms with E-state index in [4.69, 9.17) is 10.1 Å². The predicted octanol–water partition coefficient (Wildman–Crippen LogP) is 2.12. The van der Waals surface area contributed by atoms with Gasteiger partial charge in [-0.15, -0.1) is 0 Å². The van der Waals surface area contributed by atoms with Gasteiger partial charge in [-0.05, 0) is 13.8 Å². The number of hydrogen-bond donors (Lipinski definition) is 1. The largest absolute Gasteiger partial charge is 0.372 e. The molecule has 82 valence electrons. The third-order valence-corrected chi connectivity index (χ3v) is 2.45. The van der Waals surface area contributed by atoms with Crippen molar-refractivity contribution in [1.29, 1.82) is 5.41 Å². The van der Waals surface area contributed by atoms with Gasteiger partial charge in [0.2, 0.25) is 0 Å². The molecule has 0 radical (unpaired) electrons. The molecule has 0 saturated carbocycles. The van der Waals surface area contributed by atoms with Gasteiger partial charge < -0.3 is 9.64 Å². The van der Waals surface area contributed by atoms with Crippen molar-refractivity contribution in [3.8, 4) is 0 Å². The lowest BCUT2D eigenvalue weighted by atomic mass is 9.93. The van der Waals surface area contributed by atoms with Crippen molar-refractivity contribution in [3.63, 3.8) is 0 Å². The molecule has 0 spiro atoms. The number of ether oxygens (including phenoxy) is 1. The van der Waals surface area contributed by atoms with Gasteiger partial charge in [0.25, 0.3) is 0 Å². The summed E-state index contributed by atoms with van der Waals surface area (Å²) in [5.74, 6) is 0.722. The first-order valence-electron chi connectivity index (χ1n) is 5.30. The highest BCUT2D eigenvalue weighted by Gasteiger charge is 2.29. The predicted molar refractivity (Wildman–Crippen MR) is 58.8 cm³/mol. The zero-order valence-electron chi connectivity index (χ0n) is 9.92. The van der Waals surface area contributed by atoms with E-state index in [-0.39, 0.29) is 17.6 Å². The van der Waals surface area contributed by atoms with Crippen LogP contribution in [-0.4, -0.2) is 36.0 Å². The molecule has 0 aromatic carbocycles. The fourth-order valence-corrected chi connectivity index (χ4v) is 1.83. The van der Waals surface area contributed by atoms with E-state index in [9.17, 15) is 0 Å². The van der Waals surface area contributed by atoms with Gasteiger partial charge in [-0.2, -0.15) is 0 Å². The molecule has 1 heterocycles. The fourth-order valence-electron chi connectivity index (χ4n) is 1.83. The Hall–Kier alpha value is -0.570. The van der Waals surface area contributed by atoms with Crippen molar-refractivity contribution in [1.82, 2.24) is 4.90 Å². The summed E-state index contributed by atoms with van der Waals surface area (Å²) in [7, 11) is 0. The Kier molecular flexibility index (Phi) is 3.20. The average Bonchev–Trinajstić information content (AvgIpc) is 1.99. The molecule has 0 aliphatic carbocycles. The molecule has 1 aliphatic rings. The van der Waals surface area contributed by atoms with Gasteiger partial charge in [0.1, 0.15) is 5.84 Å². The number of nitrogens with one attached hydrogen (secondary N) is 1. The molecular formula is C11H22N2O. The summed E-state index contributed by atoms with van der Waals surface area (Å²) in [6.07, 6.45) is 0.475. The molecule has 2 atom stereocenters. The minimum atomic E-state index is -0.0588. The molecule has 1 rings (SSSR count). The maximum Gasteiger partial charge on any atom is 0.101 e. The van der Waals surface area contributed by atoms with E-state index >= 15 is 0 Å². The molecule has 0 amide bonds. The highest BCUT2D eigenvalue weighted by molar-refractivity contribution is 5.84. The number of amidine groups is 1. The van der Waals surface area contributed by atoms with Gasteiger partial charge in [0, 0.05) is 18.5 Å². The molecule has 0 unspecified atom stereocenters. The average molecular weight is 198 g/mol. The second kappa shape index (κ2) is 3.89. The molecule has 0 aromatic heterocycles. The zero-order chi connectivity index (χ0) is 10.9. The highest BCUT2D eigenvalue weighted by atomic mass is 16.5. The van der Waals surface area contributed by atoms with E-state index < -0.39 is 0 Å². The third-order valence-electron chi connectivity index (χ3n) is 2.45.